The monoisotopic (exact) mass is 255 g/mol. The molecule has 0 spiro atoms. The van der Waals surface area contributed by atoms with E-state index in [4.69, 9.17) is 0 Å². The van der Waals surface area contributed by atoms with Gasteiger partial charge in [0.25, 0.3) is 0 Å². The van der Waals surface area contributed by atoms with Gasteiger partial charge in [-0.15, -0.1) is 0 Å². The predicted molar refractivity (Wildman–Crippen MR) is 77.5 cm³/mol. The second kappa shape index (κ2) is 3.79. The molecule has 2 heteroatoms. The highest BCUT2D eigenvalue weighted by molar-refractivity contribution is 6.26. The van der Waals surface area contributed by atoms with Crippen LogP contribution in [0.4, 0.5) is 0 Å². The van der Waals surface area contributed by atoms with Crippen molar-refractivity contribution in [2.24, 2.45) is 0 Å². The molecule has 0 fully saturated rings. The standard InChI is InChI=1S/C18H9NO/c19-10-12-9-8-11-4-3-7-15-16(11)17(12)13-5-1-2-6-14(13)18(15)20/h1-9H. The molecule has 4 rings (SSSR count). The quantitative estimate of drug-likeness (QED) is 0.477. The molecule has 3 aromatic carbocycles. The maximum absolute atomic E-state index is 12.6. The van der Waals surface area contributed by atoms with Crippen LogP contribution < -0.4 is 0 Å². The summed E-state index contributed by atoms with van der Waals surface area (Å²) in [6.45, 7) is 0. The van der Waals surface area contributed by atoms with Gasteiger partial charge in [0.2, 0.25) is 0 Å². The molecule has 3 aromatic rings. The molecular weight excluding hydrogens is 246 g/mol. The van der Waals surface area contributed by atoms with Crippen molar-refractivity contribution in [2.75, 3.05) is 0 Å². The average Bonchev–Trinajstić information content (AvgIpc) is 2.52. The topological polar surface area (TPSA) is 40.9 Å². The highest BCUT2D eigenvalue weighted by Gasteiger charge is 2.26. The van der Waals surface area contributed by atoms with E-state index in [1.165, 1.54) is 0 Å². The van der Waals surface area contributed by atoms with Crippen LogP contribution in [-0.2, 0) is 0 Å². The lowest BCUT2D eigenvalue weighted by Crippen LogP contribution is -2.10. The van der Waals surface area contributed by atoms with Crippen LogP contribution in [0.5, 0.6) is 0 Å². The van der Waals surface area contributed by atoms with Crippen molar-refractivity contribution < 1.29 is 4.79 Å². The van der Waals surface area contributed by atoms with Gasteiger partial charge < -0.3 is 0 Å². The summed E-state index contributed by atoms with van der Waals surface area (Å²) >= 11 is 0. The Kier molecular flexibility index (Phi) is 2.07. The van der Waals surface area contributed by atoms with Crippen LogP contribution in [-0.4, -0.2) is 5.78 Å². The van der Waals surface area contributed by atoms with Crippen LogP contribution >= 0.6 is 0 Å². The Morgan fingerprint density at radius 2 is 1.55 bits per heavy atom. The molecule has 0 saturated heterocycles. The number of nitrogens with zero attached hydrogens (tertiary/aromatic N) is 1. The zero-order valence-electron chi connectivity index (χ0n) is 10.6. The number of carbonyl (C=O) groups excluding carboxylic acids is 1. The summed E-state index contributed by atoms with van der Waals surface area (Å²) in [5, 5.41) is 11.3. The average molecular weight is 255 g/mol. The van der Waals surface area contributed by atoms with Crippen molar-refractivity contribution in [1.29, 1.82) is 5.26 Å². The summed E-state index contributed by atoms with van der Waals surface area (Å²) < 4.78 is 0. The molecule has 0 radical (unpaired) electrons. The van der Waals surface area contributed by atoms with Crippen molar-refractivity contribution in [1.82, 2.24) is 0 Å². The Balaban J connectivity index is 2.32. The molecule has 20 heavy (non-hydrogen) atoms. The minimum Gasteiger partial charge on any atom is -0.289 e. The fraction of sp³-hybridized carbons (Fsp3) is 0. The number of fused-ring (bicyclic) bond motifs is 2. The molecule has 0 aliphatic heterocycles. The van der Waals surface area contributed by atoms with E-state index in [1.54, 1.807) is 0 Å². The summed E-state index contributed by atoms with van der Waals surface area (Å²) in [7, 11) is 0. The normalized spacial score (nSPS) is 12.1. The Labute approximate surface area is 115 Å². The molecule has 0 amide bonds. The first-order valence-electron chi connectivity index (χ1n) is 6.41. The number of carbonyl (C=O) groups is 1. The maximum Gasteiger partial charge on any atom is 0.194 e. The summed E-state index contributed by atoms with van der Waals surface area (Å²) in [5.74, 6) is 0.0359. The number of ketones is 1. The first-order valence-corrected chi connectivity index (χ1v) is 6.41. The summed E-state index contributed by atoms with van der Waals surface area (Å²) in [4.78, 5) is 12.6. The van der Waals surface area contributed by atoms with Gasteiger partial charge in [-0.05, 0) is 17.0 Å². The fourth-order valence-corrected chi connectivity index (χ4v) is 2.99. The number of nitriles is 1. The van der Waals surface area contributed by atoms with Crippen LogP contribution in [0.2, 0.25) is 0 Å². The third-order valence-corrected chi connectivity index (χ3v) is 3.85. The highest BCUT2D eigenvalue weighted by atomic mass is 16.1. The molecule has 1 aliphatic carbocycles. The Hall–Kier alpha value is -2.92. The predicted octanol–water partition coefficient (Wildman–Crippen LogP) is 3.92. The zero-order chi connectivity index (χ0) is 13.7. The molecule has 0 N–H and O–H groups in total. The second-order valence-corrected chi connectivity index (χ2v) is 4.88. The molecule has 0 saturated carbocycles. The van der Waals surface area contributed by atoms with Gasteiger partial charge in [-0.2, -0.15) is 5.26 Å². The van der Waals surface area contributed by atoms with Gasteiger partial charge in [0.1, 0.15) is 0 Å². The first-order chi connectivity index (χ1) is 9.81. The molecule has 0 heterocycles. The second-order valence-electron chi connectivity index (χ2n) is 4.88. The molecule has 0 unspecified atom stereocenters. The largest absolute Gasteiger partial charge is 0.289 e. The lowest BCUT2D eigenvalue weighted by atomic mass is 9.81. The van der Waals surface area contributed by atoms with E-state index in [2.05, 4.69) is 6.07 Å². The van der Waals surface area contributed by atoms with E-state index in [0.29, 0.717) is 16.7 Å². The van der Waals surface area contributed by atoms with Gasteiger partial charge in [-0.1, -0.05) is 48.5 Å². The number of benzene rings is 3. The van der Waals surface area contributed by atoms with E-state index in [9.17, 15) is 10.1 Å². The van der Waals surface area contributed by atoms with Crippen molar-refractivity contribution >= 4 is 16.6 Å². The first kappa shape index (κ1) is 11.0. The van der Waals surface area contributed by atoms with Crippen LogP contribution in [0.3, 0.4) is 0 Å². The Bertz CT molecular complexity index is 932. The van der Waals surface area contributed by atoms with Crippen molar-refractivity contribution in [3.05, 3.63) is 71.3 Å². The summed E-state index contributed by atoms with van der Waals surface area (Å²) in [6, 6.07) is 19.2. The van der Waals surface area contributed by atoms with E-state index in [-0.39, 0.29) is 5.78 Å². The van der Waals surface area contributed by atoms with E-state index in [0.717, 1.165) is 21.9 Å². The third kappa shape index (κ3) is 1.24. The van der Waals surface area contributed by atoms with Gasteiger partial charge in [-0.3, -0.25) is 4.79 Å². The summed E-state index contributed by atoms with van der Waals surface area (Å²) in [5.41, 5.74) is 3.72. The minimum absolute atomic E-state index is 0.0359. The summed E-state index contributed by atoms with van der Waals surface area (Å²) in [6.07, 6.45) is 0. The van der Waals surface area contributed by atoms with Crippen LogP contribution in [0.1, 0.15) is 21.5 Å². The third-order valence-electron chi connectivity index (χ3n) is 3.85. The van der Waals surface area contributed by atoms with Crippen LogP contribution in [0, 0.1) is 11.3 Å². The molecule has 0 bridgehead atoms. The van der Waals surface area contributed by atoms with Crippen LogP contribution in [0.15, 0.2) is 54.6 Å². The number of rotatable bonds is 0. The maximum atomic E-state index is 12.6. The van der Waals surface area contributed by atoms with Gasteiger partial charge in [0, 0.05) is 22.1 Å². The van der Waals surface area contributed by atoms with Gasteiger partial charge in [0.05, 0.1) is 11.6 Å². The van der Waals surface area contributed by atoms with Gasteiger partial charge in [-0.25, -0.2) is 0 Å². The van der Waals surface area contributed by atoms with E-state index in [1.807, 2.05) is 54.6 Å². The van der Waals surface area contributed by atoms with Gasteiger partial charge in [0.15, 0.2) is 5.78 Å². The fourth-order valence-electron chi connectivity index (χ4n) is 2.99. The van der Waals surface area contributed by atoms with E-state index >= 15 is 0 Å². The lowest BCUT2D eigenvalue weighted by Gasteiger charge is -2.20. The Morgan fingerprint density at radius 3 is 2.35 bits per heavy atom. The number of hydrogen-bond donors (Lipinski definition) is 0. The van der Waals surface area contributed by atoms with Crippen molar-refractivity contribution in [3.63, 3.8) is 0 Å². The number of hydrogen-bond acceptors (Lipinski definition) is 2. The van der Waals surface area contributed by atoms with Crippen LogP contribution in [0.25, 0.3) is 21.9 Å². The highest BCUT2D eigenvalue weighted by Crippen LogP contribution is 2.41. The molecule has 1 aliphatic rings. The molecule has 2 nitrogen and oxygen atoms in total. The molecule has 0 aromatic heterocycles. The van der Waals surface area contributed by atoms with E-state index < -0.39 is 0 Å². The van der Waals surface area contributed by atoms with Gasteiger partial charge >= 0.3 is 0 Å². The lowest BCUT2D eigenvalue weighted by molar-refractivity contribution is 0.104. The minimum atomic E-state index is 0.0359. The zero-order valence-corrected chi connectivity index (χ0v) is 10.6. The molecule has 92 valence electrons. The SMILES string of the molecule is N#Cc1ccc2cccc3c2c1-c1ccccc1C3=O. The van der Waals surface area contributed by atoms with Crippen molar-refractivity contribution in [3.8, 4) is 17.2 Å². The molecule has 0 atom stereocenters. The molecular formula is C18H9NO. The smallest absolute Gasteiger partial charge is 0.194 e. The van der Waals surface area contributed by atoms with Crippen molar-refractivity contribution in [2.45, 2.75) is 0 Å². The Morgan fingerprint density at radius 1 is 0.800 bits per heavy atom.